The van der Waals surface area contributed by atoms with E-state index in [4.69, 9.17) is 25.6 Å². The van der Waals surface area contributed by atoms with Gasteiger partial charge in [-0.1, -0.05) is 35.8 Å². The SMILES string of the molecule is CCCN1C(=O)NC(c2ccc(Cl)cc2)C(c2nc(-c3ccc(OC)c(OC)c3)no2)=C1C. The Bertz CT molecular complexity index is 1190. The van der Waals surface area contributed by atoms with Crippen molar-refractivity contribution in [3.05, 3.63) is 64.6 Å². The minimum Gasteiger partial charge on any atom is -0.493 e. The van der Waals surface area contributed by atoms with Crippen molar-refractivity contribution in [1.82, 2.24) is 20.4 Å². The highest BCUT2D eigenvalue weighted by molar-refractivity contribution is 6.30. The number of carbonyl (C=O) groups excluding carboxylic acids is 1. The van der Waals surface area contributed by atoms with Crippen molar-refractivity contribution in [1.29, 1.82) is 0 Å². The van der Waals surface area contributed by atoms with Crippen LogP contribution in [0.15, 0.2) is 52.7 Å². The molecule has 0 saturated carbocycles. The number of hydrogen-bond donors (Lipinski definition) is 1. The molecule has 0 spiro atoms. The molecule has 33 heavy (non-hydrogen) atoms. The van der Waals surface area contributed by atoms with E-state index in [9.17, 15) is 4.79 Å². The third-order valence-corrected chi connectivity index (χ3v) is 5.80. The van der Waals surface area contributed by atoms with Crippen LogP contribution in [0.1, 0.15) is 37.8 Å². The summed E-state index contributed by atoms with van der Waals surface area (Å²) in [5.74, 6) is 1.91. The summed E-state index contributed by atoms with van der Waals surface area (Å²) in [6.45, 7) is 4.49. The molecule has 9 heteroatoms. The summed E-state index contributed by atoms with van der Waals surface area (Å²) in [5.41, 5.74) is 3.09. The van der Waals surface area contributed by atoms with Gasteiger partial charge in [0.1, 0.15) is 0 Å². The number of aromatic nitrogens is 2. The third kappa shape index (κ3) is 4.39. The van der Waals surface area contributed by atoms with Gasteiger partial charge < -0.3 is 19.3 Å². The normalized spacial score (nSPS) is 16.1. The number of carbonyl (C=O) groups is 1. The number of urea groups is 1. The molecule has 2 aromatic carbocycles. The van der Waals surface area contributed by atoms with Gasteiger partial charge in [-0.05, 0) is 49.2 Å². The van der Waals surface area contributed by atoms with Gasteiger partial charge in [0.15, 0.2) is 11.5 Å². The van der Waals surface area contributed by atoms with Gasteiger partial charge in [0.25, 0.3) is 5.89 Å². The van der Waals surface area contributed by atoms with E-state index < -0.39 is 6.04 Å². The summed E-state index contributed by atoms with van der Waals surface area (Å²) in [6, 6.07) is 12.1. The monoisotopic (exact) mass is 468 g/mol. The lowest BCUT2D eigenvalue weighted by Crippen LogP contribution is -2.46. The van der Waals surface area contributed by atoms with E-state index in [0.717, 1.165) is 23.3 Å². The minimum absolute atomic E-state index is 0.169. The molecule has 2 heterocycles. The summed E-state index contributed by atoms with van der Waals surface area (Å²) in [5, 5.41) is 7.88. The second kappa shape index (κ2) is 9.54. The van der Waals surface area contributed by atoms with Crippen LogP contribution in [0, 0.1) is 0 Å². The lowest BCUT2D eigenvalue weighted by atomic mass is 9.94. The molecule has 4 rings (SSSR count). The highest BCUT2D eigenvalue weighted by atomic mass is 35.5. The van der Waals surface area contributed by atoms with E-state index in [0.29, 0.717) is 40.3 Å². The molecule has 1 atom stereocenters. The zero-order valence-electron chi connectivity index (χ0n) is 18.9. The van der Waals surface area contributed by atoms with Crippen molar-refractivity contribution >= 4 is 23.2 Å². The van der Waals surface area contributed by atoms with Crippen molar-refractivity contribution in [2.45, 2.75) is 26.3 Å². The van der Waals surface area contributed by atoms with Crippen LogP contribution < -0.4 is 14.8 Å². The first-order valence-corrected chi connectivity index (χ1v) is 10.9. The lowest BCUT2D eigenvalue weighted by Gasteiger charge is -2.35. The maximum absolute atomic E-state index is 12.8. The number of halogens is 1. The fraction of sp³-hybridized carbons (Fsp3) is 0.292. The minimum atomic E-state index is -0.457. The molecule has 3 aromatic rings. The Balaban J connectivity index is 1.79. The van der Waals surface area contributed by atoms with Crippen LogP contribution in [0.25, 0.3) is 17.0 Å². The van der Waals surface area contributed by atoms with Gasteiger partial charge in [0.05, 0.1) is 25.8 Å². The second-order valence-electron chi connectivity index (χ2n) is 7.58. The van der Waals surface area contributed by atoms with E-state index >= 15 is 0 Å². The molecule has 1 aliphatic heterocycles. The first-order chi connectivity index (χ1) is 16.0. The summed E-state index contributed by atoms with van der Waals surface area (Å²) in [7, 11) is 3.15. The number of nitrogens with one attached hydrogen (secondary N) is 1. The summed E-state index contributed by atoms with van der Waals surface area (Å²) >= 11 is 6.08. The van der Waals surface area contributed by atoms with E-state index in [1.807, 2.05) is 32.0 Å². The molecule has 172 valence electrons. The highest BCUT2D eigenvalue weighted by Crippen LogP contribution is 2.38. The van der Waals surface area contributed by atoms with E-state index in [1.54, 1.807) is 43.4 Å². The van der Waals surface area contributed by atoms with E-state index in [-0.39, 0.29) is 6.03 Å². The Morgan fingerprint density at radius 1 is 1.12 bits per heavy atom. The molecule has 1 N–H and O–H groups in total. The number of benzene rings is 2. The molecule has 1 unspecified atom stereocenters. The van der Waals surface area contributed by atoms with Crippen molar-refractivity contribution in [3.8, 4) is 22.9 Å². The predicted octanol–water partition coefficient (Wildman–Crippen LogP) is 5.31. The molecule has 0 saturated heterocycles. The van der Waals surface area contributed by atoms with Crippen molar-refractivity contribution in [2.75, 3.05) is 20.8 Å². The quantitative estimate of drug-likeness (QED) is 0.505. The van der Waals surface area contributed by atoms with Gasteiger partial charge in [0, 0.05) is 22.8 Å². The van der Waals surface area contributed by atoms with Gasteiger partial charge in [-0.15, -0.1) is 0 Å². The molecule has 0 fully saturated rings. The maximum atomic E-state index is 12.8. The second-order valence-corrected chi connectivity index (χ2v) is 8.01. The number of allylic oxidation sites excluding steroid dienone is 1. The number of hydrogen-bond acceptors (Lipinski definition) is 6. The van der Waals surface area contributed by atoms with Crippen molar-refractivity contribution in [2.24, 2.45) is 0 Å². The molecular formula is C24H25ClN4O4. The standard InChI is InChI=1S/C24H25ClN4O4/c1-5-12-29-14(2)20(21(26-24(29)30)15-6-9-17(25)10-7-15)23-27-22(28-33-23)16-8-11-18(31-3)19(13-16)32-4/h6-11,13,21H,5,12H2,1-4H3,(H,26,30). The van der Waals surface area contributed by atoms with E-state index in [1.165, 1.54) is 0 Å². The summed E-state index contributed by atoms with van der Waals surface area (Å²) in [4.78, 5) is 19.2. The Hall–Kier alpha value is -3.52. The van der Waals surface area contributed by atoms with Crippen LogP contribution in [-0.2, 0) is 0 Å². The zero-order chi connectivity index (χ0) is 23.5. The van der Waals surface area contributed by atoms with Crippen LogP contribution in [0.4, 0.5) is 4.79 Å². The molecule has 1 aromatic heterocycles. The third-order valence-electron chi connectivity index (χ3n) is 5.55. The number of amides is 2. The summed E-state index contributed by atoms with van der Waals surface area (Å²) in [6.07, 6.45) is 0.810. The van der Waals surface area contributed by atoms with Gasteiger partial charge in [-0.3, -0.25) is 4.90 Å². The molecule has 0 radical (unpaired) electrons. The first kappa shape index (κ1) is 22.7. The lowest BCUT2D eigenvalue weighted by molar-refractivity contribution is 0.205. The molecule has 8 nitrogen and oxygen atoms in total. The zero-order valence-corrected chi connectivity index (χ0v) is 19.6. The fourth-order valence-electron chi connectivity index (χ4n) is 3.88. The Morgan fingerprint density at radius 2 is 1.85 bits per heavy atom. The topological polar surface area (TPSA) is 89.7 Å². The van der Waals surface area contributed by atoms with Crippen LogP contribution in [0.3, 0.4) is 0 Å². The van der Waals surface area contributed by atoms with Gasteiger partial charge >= 0.3 is 6.03 Å². The maximum Gasteiger partial charge on any atom is 0.322 e. The highest BCUT2D eigenvalue weighted by Gasteiger charge is 2.35. The van der Waals surface area contributed by atoms with Crippen LogP contribution >= 0.6 is 11.6 Å². The van der Waals surface area contributed by atoms with Gasteiger partial charge in [-0.25, -0.2) is 4.79 Å². The first-order valence-electron chi connectivity index (χ1n) is 10.6. The number of methoxy groups -OCH3 is 2. The average Bonchev–Trinajstić information content (AvgIpc) is 3.31. The Kier molecular flexibility index (Phi) is 6.55. The Morgan fingerprint density at radius 3 is 2.52 bits per heavy atom. The summed E-state index contributed by atoms with van der Waals surface area (Å²) < 4.78 is 16.4. The van der Waals surface area contributed by atoms with Crippen molar-refractivity contribution in [3.63, 3.8) is 0 Å². The molecule has 1 aliphatic rings. The van der Waals surface area contributed by atoms with Gasteiger partial charge in [-0.2, -0.15) is 4.98 Å². The van der Waals surface area contributed by atoms with Crippen LogP contribution in [0.5, 0.6) is 11.5 Å². The molecule has 0 bridgehead atoms. The smallest absolute Gasteiger partial charge is 0.322 e. The molecule has 0 aliphatic carbocycles. The predicted molar refractivity (Wildman–Crippen MR) is 125 cm³/mol. The number of ether oxygens (including phenoxy) is 2. The number of nitrogens with zero attached hydrogens (tertiary/aromatic N) is 3. The van der Waals surface area contributed by atoms with Crippen molar-refractivity contribution < 1.29 is 18.8 Å². The molecular weight excluding hydrogens is 444 g/mol. The Labute approximate surface area is 197 Å². The van der Waals surface area contributed by atoms with Crippen LogP contribution in [0.2, 0.25) is 5.02 Å². The van der Waals surface area contributed by atoms with Gasteiger partial charge in [0.2, 0.25) is 5.82 Å². The largest absolute Gasteiger partial charge is 0.493 e. The average molecular weight is 469 g/mol. The fourth-order valence-corrected chi connectivity index (χ4v) is 4.01. The van der Waals surface area contributed by atoms with Crippen LogP contribution in [-0.4, -0.2) is 41.8 Å². The van der Waals surface area contributed by atoms with E-state index in [2.05, 4.69) is 15.5 Å². The molecule has 2 amide bonds. The number of rotatable bonds is 7.